The van der Waals surface area contributed by atoms with Crippen molar-refractivity contribution >= 4 is 11.9 Å². The number of nitrogens with zero attached hydrogens (tertiary/aromatic N) is 3. The first-order valence-electron chi connectivity index (χ1n) is 8.12. The Kier molecular flexibility index (Phi) is 4.93. The number of hydrogen-bond acceptors (Lipinski definition) is 4. The molecule has 1 atom stereocenters. The Hall–Kier alpha value is -2.63. The molecule has 0 saturated carbocycles. The Morgan fingerprint density at radius 1 is 1.29 bits per heavy atom. The summed E-state index contributed by atoms with van der Waals surface area (Å²) in [6.07, 6.45) is 4.95. The number of benzene rings is 1. The van der Waals surface area contributed by atoms with Crippen molar-refractivity contribution in [3.63, 3.8) is 0 Å². The van der Waals surface area contributed by atoms with E-state index in [2.05, 4.69) is 5.10 Å². The summed E-state index contributed by atoms with van der Waals surface area (Å²) < 4.78 is 7.00. The smallest absolute Gasteiger partial charge is 0.410 e. The van der Waals surface area contributed by atoms with Gasteiger partial charge in [-0.2, -0.15) is 5.10 Å². The fraction of sp³-hybridized carbons (Fsp3) is 0.389. The van der Waals surface area contributed by atoms with Crippen molar-refractivity contribution in [2.75, 3.05) is 6.54 Å². The van der Waals surface area contributed by atoms with Crippen LogP contribution in [-0.4, -0.2) is 39.1 Å². The molecule has 0 bridgehead atoms. The van der Waals surface area contributed by atoms with Crippen molar-refractivity contribution in [3.05, 3.63) is 53.9 Å². The van der Waals surface area contributed by atoms with E-state index in [1.165, 1.54) is 0 Å². The second kappa shape index (κ2) is 7.29. The molecule has 0 spiro atoms. The number of aromatic nitrogens is 2. The van der Waals surface area contributed by atoms with Gasteiger partial charge in [-0.1, -0.05) is 30.3 Å². The molecule has 3 rings (SSSR count). The largest absolute Gasteiger partial charge is 0.445 e. The van der Waals surface area contributed by atoms with E-state index < -0.39 is 0 Å². The molecule has 1 aliphatic heterocycles. The van der Waals surface area contributed by atoms with Gasteiger partial charge in [-0.05, 0) is 18.4 Å². The summed E-state index contributed by atoms with van der Waals surface area (Å²) in [5.74, 6) is 0.0101. The fourth-order valence-corrected chi connectivity index (χ4v) is 2.99. The van der Waals surface area contributed by atoms with E-state index in [1.807, 2.05) is 30.3 Å². The predicted molar refractivity (Wildman–Crippen MR) is 88.5 cm³/mol. The van der Waals surface area contributed by atoms with Gasteiger partial charge in [0.25, 0.3) is 0 Å². The summed E-state index contributed by atoms with van der Waals surface area (Å²) in [6, 6.07) is 9.48. The number of carbonyl (C=O) groups excluding carboxylic acids is 2. The van der Waals surface area contributed by atoms with Gasteiger partial charge in [-0.15, -0.1) is 0 Å². The van der Waals surface area contributed by atoms with Crippen LogP contribution in [0.5, 0.6) is 0 Å². The summed E-state index contributed by atoms with van der Waals surface area (Å²) in [7, 11) is 1.78. The molecule has 1 saturated heterocycles. The SMILES string of the molecule is Cn1cc(C(=O)CC2CCCN2C(=O)OCc2ccccc2)cn1. The highest BCUT2D eigenvalue weighted by molar-refractivity contribution is 5.96. The lowest BCUT2D eigenvalue weighted by Crippen LogP contribution is -2.37. The van der Waals surface area contributed by atoms with Crippen LogP contribution in [0.2, 0.25) is 0 Å². The summed E-state index contributed by atoms with van der Waals surface area (Å²) in [5, 5.41) is 4.02. The number of likely N-dealkylation sites (tertiary alicyclic amines) is 1. The zero-order chi connectivity index (χ0) is 16.9. The number of rotatable bonds is 5. The molecular formula is C18H21N3O3. The maximum Gasteiger partial charge on any atom is 0.410 e. The second-order valence-corrected chi connectivity index (χ2v) is 6.06. The number of amides is 1. The summed E-state index contributed by atoms with van der Waals surface area (Å²) >= 11 is 0. The third-order valence-corrected chi connectivity index (χ3v) is 4.26. The van der Waals surface area contributed by atoms with Gasteiger partial charge in [0.05, 0.1) is 11.8 Å². The van der Waals surface area contributed by atoms with Gasteiger partial charge >= 0.3 is 6.09 Å². The maximum atomic E-state index is 12.3. The van der Waals surface area contributed by atoms with E-state index in [9.17, 15) is 9.59 Å². The number of carbonyl (C=O) groups is 2. The van der Waals surface area contributed by atoms with E-state index in [0.717, 1.165) is 18.4 Å². The van der Waals surface area contributed by atoms with Crippen molar-refractivity contribution < 1.29 is 14.3 Å². The van der Waals surface area contributed by atoms with E-state index in [-0.39, 0.29) is 24.5 Å². The van der Waals surface area contributed by atoms with Crippen molar-refractivity contribution in [1.29, 1.82) is 0 Å². The first-order chi connectivity index (χ1) is 11.6. The Morgan fingerprint density at radius 2 is 2.08 bits per heavy atom. The maximum absolute atomic E-state index is 12.3. The lowest BCUT2D eigenvalue weighted by molar-refractivity contribution is 0.0833. The van der Waals surface area contributed by atoms with Gasteiger partial charge in [0.15, 0.2) is 5.78 Å². The molecule has 1 aliphatic rings. The molecule has 1 unspecified atom stereocenters. The van der Waals surface area contributed by atoms with Crippen molar-refractivity contribution in [2.45, 2.75) is 31.9 Å². The van der Waals surface area contributed by atoms with Crippen molar-refractivity contribution in [1.82, 2.24) is 14.7 Å². The topological polar surface area (TPSA) is 64.4 Å². The van der Waals surface area contributed by atoms with Gasteiger partial charge in [0.1, 0.15) is 6.61 Å². The molecule has 1 aromatic heterocycles. The third-order valence-electron chi connectivity index (χ3n) is 4.26. The lowest BCUT2D eigenvalue weighted by atomic mass is 10.0. The van der Waals surface area contributed by atoms with Gasteiger partial charge in [-0.25, -0.2) is 4.79 Å². The average Bonchev–Trinajstić information content (AvgIpc) is 3.22. The number of aryl methyl sites for hydroxylation is 1. The van der Waals surface area contributed by atoms with Gasteiger partial charge < -0.3 is 9.64 Å². The van der Waals surface area contributed by atoms with Crippen LogP contribution in [0.1, 0.15) is 35.2 Å². The molecule has 24 heavy (non-hydrogen) atoms. The zero-order valence-electron chi connectivity index (χ0n) is 13.7. The minimum Gasteiger partial charge on any atom is -0.445 e. The average molecular weight is 327 g/mol. The summed E-state index contributed by atoms with van der Waals surface area (Å²) in [6.45, 7) is 0.887. The molecule has 2 heterocycles. The van der Waals surface area contributed by atoms with E-state index in [0.29, 0.717) is 18.5 Å². The molecule has 6 heteroatoms. The highest BCUT2D eigenvalue weighted by Gasteiger charge is 2.31. The Balaban J connectivity index is 1.56. The molecule has 6 nitrogen and oxygen atoms in total. The van der Waals surface area contributed by atoms with Crippen LogP contribution in [0, 0.1) is 0 Å². The molecule has 0 aliphatic carbocycles. The first-order valence-corrected chi connectivity index (χ1v) is 8.12. The molecule has 1 amide bonds. The highest BCUT2D eigenvalue weighted by Crippen LogP contribution is 2.23. The molecule has 2 aromatic rings. The van der Waals surface area contributed by atoms with Crippen molar-refractivity contribution in [3.8, 4) is 0 Å². The van der Waals surface area contributed by atoms with E-state index in [4.69, 9.17) is 4.74 Å². The number of Topliss-reactive ketones (excluding diaryl/α,β-unsaturated/α-hetero) is 1. The Bertz CT molecular complexity index is 711. The normalized spacial score (nSPS) is 17.0. The second-order valence-electron chi connectivity index (χ2n) is 6.06. The number of ketones is 1. The van der Waals surface area contributed by atoms with Gasteiger partial charge in [0, 0.05) is 32.3 Å². The zero-order valence-corrected chi connectivity index (χ0v) is 13.7. The third kappa shape index (κ3) is 3.82. The lowest BCUT2D eigenvalue weighted by Gasteiger charge is -2.23. The Labute approximate surface area is 141 Å². The quantitative estimate of drug-likeness (QED) is 0.792. The predicted octanol–water partition coefficient (Wildman–Crippen LogP) is 2.79. The monoisotopic (exact) mass is 327 g/mol. The fourth-order valence-electron chi connectivity index (χ4n) is 2.99. The van der Waals surface area contributed by atoms with E-state index in [1.54, 1.807) is 29.0 Å². The standard InChI is InChI=1S/C18H21N3O3/c1-20-12-15(11-19-20)17(22)10-16-8-5-9-21(16)18(23)24-13-14-6-3-2-4-7-14/h2-4,6-7,11-12,16H,5,8-10,13H2,1H3. The minimum atomic E-state index is -0.347. The highest BCUT2D eigenvalue weighted by atomic mass is 16.6. The minimum absolute atomic E-state index is 0.0101. The summed E-state index contributed by atoms with van der Waals surface area (Å²) in [5.41, 5.74) is 1.54. The first kappa shape index (κ1) is 16.2. The van der Waals surface area contributed by atoms with Crippen LogP contribution in [0.3, 0.4) is 0 Å². The number of ether oxygens (including phenoxy) is 1. The van der Waals surface area contributed by atoms with Crippen LogP contribution in [0.25, 0.3) is 0 Å². The van der Waals surface area contributed by atoms with Crippen LogP contribution < -0.4 is 0 Å². The molecular weight excluding hydrogens is 306 g/mol. The molecule has 0 radical (unpaired) electrons. The van der Waals surface area contributed by atoms with Gasteiger partial charge in [-0.3, -0.25) is 9.48 Å². The molecule has 126 valence electrons. The van der Waals surface area contributed by atoms with Crippen LogP contribution in [-0.2, 0) is 18.4 Å². The van der Waals surface area contributed by atoms with E-state index >= 15 is 0 Å². The van der Waals surface area contributed by atoms with Crippen molar-refractivity contribution in [2.24, 2.45) is 7.05 Å². The number of hydrogen-bond donors (Lipinski definition) is 0. The van der Waals surface area contributed by atoms with Crippen LogP contribution >= 0.6 is 0 Å². The molecule has 1 aromatic carbocycles. The summed E-state index contributed by atoms with van der Waals surface area (Å²) in [4.78, 5) is 26.3. The van der Waals surface area contributed by atoms with Crippen LogP contribution in [0.15, 0.2) is 42.7 Å². The van der Waals surface area contributed by atoms with Crippen LogP contribution in [0.4, 0.5) is 4.79 Å². The molecule has 1 fully saturated rings. The molecule has 0 N–H and O–H groups in total. The Morgan fingerprint density at radius 3 is 2.79 bits per heavy atom. The van der Waals surface area contributed by atoms with Gasteiger partial charge in [0.2, 0.25) is 0 Å².